The normalized spacial score (nSPS) is 23.9. The van der Waals surface area contributed by atoms with Crippen LogP contribution in [0.25, 0.3) is 0 Å². The minimum absolute atomic E-state index is 0.00282. The molecule has 0 amide bonds. The van der Waals surface area contributed by atoms with Gasteiger partial charge in [-0.3, -0.25) is 9.59 Å². The molecule has 0 aromatic rings. The molecule has 1 saturated heterocycles. The zero-order valence-electron chi connectivity index (χ0n) is 9.32. The Labute approximate surface area is 89.9 Å². The molecular formula is C11H18O4. The molecule has 0 radical (unpaired) electrons. The van der Waals surface area contributed by atoms with Crippen molar-refractivity contribution in [2.24, 2.45) is 11.8 Å². The van der Waals surface area contributed by atoms with Crippen LogP contribution >= 0.6 is 0 Å². The molecule has 0 aromatic carbocycles. The number of rotatable bonds is 3. The van der Waals surface area contributed by atoms with E-state index in [1.54, 1.807) is 0 Å². The Bertz CT molecular complexity index is 237. The van der Waals surface area contributed by atoms with E-state index in [1.807, 2.05) is 6.92 Å². The topological polar surface area (TPSA) is 52.6 Å². The molecule has 1 aliphatic rings. The van der Waals surface area contributed by atoms with Crippen LogP contribution in [0.15, 0.2) is 0 Å². The molecule has 4 heteroatoms. The lowest BCUT2D eigenvalue weighted by Crippen LogP contribution is -2.24. The number of carbonyl (C=O) groups excluding carboxylic acids is 2. The molecule has 1 fully saturated rings. The Morgan fingerprint density at radius 1 is 1.60 bits per heavy atom. The van der Waals surface area contributed by atoms with Crippen LogP contribution in [0.5, 0.6) is 0 Å². The molecule has 0 bridgehead atoms. The van der Waals surface area contributed by atoms with Crippen LogP contribution in [0.1, 0.15) is 32.6 Å². The van der Waals surface area contributed by atoms with Gasteiger partial charge in [-0.05, 0) is 25.2 Å². The van der Waals surface area contributed by atoms with Gasteiger partial charge in [0, 0.05) is 6.42 Å². The van der Waals surface area contributed by atoms with E-state index in [1.165, 1.54) is 7.11 Å². The first-order valence-electron chi connectivity index (χ1n) is 5.38. The highest BCUT2D eigenvalue weighted by atomic mass is 16.5. The van der Waals surface area contributed by atoms with Crippen molar-refractivity contribution in [1.29, 1.82) is 0 Å². The maximum absolute atomic E-state index is 11.6. The molecule has 1 heterocycles. The predicted molar refractivity (Wildman–Crippen MR) is 54.1 cm³/mol. The average molecular weight is 214 g/mol. The smallest absolute Gasteiger partial charge is 0.309 e. The fraction of sp³-hybridized carbons (Fsp3) is 0.818. The molecule has 1 rings (SSSR count). The van der Waals surface area contributed by atoms with Gasteiger partial charge in [-0.25, -0.2) is 0 Å². The van der Waals surface area contributed by atoms with Crippen LogP contribution in [-0.4, -0.2) is 25.7 Å². The van der Waals surface area contributed by atoms with Crippen LogP contribution < -0.4 is 0 Å². The lowest BCUT2D eigenvalue weighted by atomic mass is 9.87. The molecule has 0 saturated carbocycles. The summed E-state index contributed by atoms with van der Waals surface area (Å²) < 4.78 is 9.65. The molecule has 1 aliphatic heterocycles. The highest BCUT2D eigenvalue weighted by Gasteiger charge is 2.29. The van der Waals surface area contributed by atoms with E-state index >= 15 is 0 Å². The van der Waals surface area contributed by atoms with E-state index in [2.05, 4.69) is 4.74 Å². The van der Waals surface area contributed by atoms with Crippen molar-refractivity contribution in [3.05, 3.63) is 0 Å². The third-order valence-corrected chi connectivity index (χ3v) is 2.86. The maximum atomic E-state index is 11.6. The number of hydrogen-bond acceptors (Lipinski definition) is 4. The standard InChI is InChI=1S/C11H18O4/c1-8(7-10(12)14-2)9-5-3-4-6-15-11(9)13/h8-9H,3-7H2,1-2H3/t8-,9-/m0/s1. The van der Waals surface area contributed by atoms with Crippen LogP contribution in [-0.2, 0) is 19.1 Å². The molecule has 0 aliphatic carbocycles. The quantitative estimate of drug-likeness (QED) is 0.668. The van der Waals surface area contributed by atoms with Crippen LogP contribution in [0.3, 0.4) is 0 Å². The summed E-state index contributed by atoms with van der Waals surface area (Å²) in [6, 6.07) is 0. The van der Waals surface area contributed by atoms with Gasteiger partial charge < -0.3 is 9.47 Å². The van der Waals surface area contributed by atoms with Crippen molar-refractivity contribution < 1.29 is 19.1 Å². The summed E-state index contributed by atoms with van der Waals surface area (Å²) >= 11 is 0. The molecule has 0 spiro atoms. The molecule has 4 nitrogen and oxygen atoms in total. The van der Waals surface area contributed by atoms with Crippen molar-refractivity contribution >= 4 is 11.9 Å². The largest absolute Gasteiger partial charge is 0.469 e. The highest BCUT2D eigenvalue weighted by molar-refractivity contribution is 5.75. The molecule has 0 N–H and O–H groups in total. The van der Waals surface area contributed by atoms with Gasteiger partial charge in [0.25, 0.3) is 0 Å². The SMILES string of the molecule is COC(=O)C[C@H](C)[C@@H]1CCCCOC1=O. The van der Waals surface area contributed by atoms with Crippen LogP contribution in [0, 0.1) is 11.8 Å². The Kier molecular flexibility index (Phi) is 4.59. The lowest BCUT2D eigenvalue weighted by Gasteiger charge is -2.18. The second-order valence-corrected chi connectivity index (χ2v) is 4.03. The number of cyclic esters (lactones) is 1. The highest BCUT2D eigenvalue weighted by Crippen LogP contribution is 2.25. The van der Waals surface area contributed by atoms with Crippen molar-refractivity contribution in [2.75, 3.05) is 13.7 Å². The van der Waals surface area contributed by atoms with Gasteiger partial charge >= 0.3 is 11.9 Å². The third kappa shape index (κ3) is 3.53. The average Bonchev–Trinajstić information content (AvgIpc) is 2.42. The molecule has 0 unspecified atom stereocenters. The predicted octanol–water partition coefficient (Wildman–Crippen LogP) is 1.53. The number of ether oxygens (including phenoxy) is 2. The van der Waals surface area contributed by atoms with Crippen molar-refractivity contribution in [3.8, 4) is 0 Å². The van der Waals surface area contributed by atoms with E-state index in [-0.39, 0.29) is 30.2 Å². The molecular weight excluding hydrogens is 196 g/mol. The van der Waals surface area contributed by atoms with Gasteiger partial charge in [0.2, 0.25) is 0 Å². The zero-order chi connectivity index (χ0) is 11.3. The van der Waals surface area contributed by atoms with E-state index in [0.717, 1.165) is 19.3 Å². The van der Waals surface area contributed by atoms with Crippen molar-refractivity contribution in [3.63, 3.8) is 0 Å². The number of methoxy groups -OCH3 is 1. The molecule has 86 valence electrons. The Balaban J connectivity index is 2.51. The summed E-state index contributed by atoms with van der Waals surface area (Å²) in [5, 5.41) is 0. The van der Waals surface area contributed by atoms with Gasteiger partial charge in [0.1, 0.15) is 0 Å². The van der Waals surface area contributed by atoms with E-state index in [0.29, 0.717) is 6.61 Å². The summed E-state index contributed by atoms with van der Waals surface area (Å²) in [6.07, 6.45) is 3.02. The Morgan fingerprint density at radius 2 is 2.33 bits per heavy atom. The van der Waals surface area contributed by atoms with E-state index < -0.39 is 0 Å². The first-order valence-corrected chi connectivity index (χ1v) is 5.38. The van der Waals surface area contributed by atoms with Gasteiger partial charge in [-0.15, -0.1) is 0 Å². The molecule has 15 heavy (non-hydrogen) atoms. The monoisotopic (exact) mass is 214 g/mol. The third-order valence-electron chi connectivity index (χ3n) is 2.86. The van der Waals surface area contributed by atoms with E-state index in [9.17, 15) is 9.59 Å². The first kappa shape index (κ1) is 12.0. The van der Waals surface area contributed by atoms with E-state index in [4.69, 9.17) is 4.74 Å². The summed E-state index contributed by atoms with van der Waals surface area (Å²) in [4.78, 5) is 22.6. The summed E-state index contributed by atoms with van der Waals surface area (Å²) in [5.41, 5.74) is 0. The maximum Gasteiger partial charge on any atom is 0.309 e. The number of hydrogen-bond donors (Lipinski definition) is 0. The summed E-state index contributed by atoms with van der Waals surface area (Å²) in [5.74, 6) is -0.571. The second-order valence-electron chi connectivity index (χ2n) is 4.03. The van der Waals surface area contributed by atoms with Gasteiger partial charge in [0.05, 0.1) is 19.6 Å². The fourth-order valence-corrected chi connectivity index (χ4v) is 1.87. The zero-order valence-corrected chi connectivity index (χ0v) is 9.32. The summed E-state index contributed by atoms with van der Waals surface area (Å²) in [6.45, 7) is 2.41. The van der Waals surface area contributed by atoms with Gasteiger partial charge in [-0.1, -0.05) is 6.92 Å². The molecule has 0 aromatic heterocycles. The van der Waals surface area contributed by atoms with Crippen LogP contribution in [0.2, 0.25) is 0 Å². The Morgan fingerprint density at radius 3 is 3.00 bits per heavy atom. The molecule has 2 atom stereocenters. The number of carbonyl (C=O) groups is 2. The minimum Gasteiger partial charge on any atom is -0.469 e. The summed E-state index contributed by atoms with van der Waals surface area (Å²) in [7, 11) is 1.36. The lowest BCUT2D eigenvalue weighted by molar-refractivity contribution is -0.150. The van der Waals surface area contributed by atoms with Gasteiger partial charge in [-0.2, -0.15) is 0 Å². The Hall–Kier alpha value is -1.06. The second kappa shape index (κ2) is 5.73. The van der Waals surface area contributed by atoms with Gasteiger partial charge in [0.15, 0.2) is 0 Å². The number of esters is 2. The van der Waals surface area contributed by atoms with Crippen molar-refractivity contribution in [2.45, 2.75) is 32.6 Å². The van der Waals surface area contributed by atoms with Crippen molar-refractivity contribution in [1.82, 2.24) is 0 Å². The fourth-order valence-electron chi connectivity index (χ4n) is 1.87. The first-order chi connectivity index (χ1) is 7.15. The minimum atomic E-state index is -0.264. The van der Waals surface area contributed by atoms with Crippen LogP contribution in [0.4, 0.5) is 0 Å².